The Kier molecular flexibility index (Phi) is 7.21. The van der Waals surface area contributed by atoms with Crippen molar-refractivity contribution in [3.05, 3.63) is 180 Å². The molecule has 0 atom stereocenters. The molecule has 2 aromatic heterocycles. The van der Waals surface area contributed by atoms with Gasteiger partial charge in [0.05, 0.1) is 0 Å². The fourth-order valence-corrected chi connectivity index (χ4v) is 10.8. The van der Waals surface area contributed by atoms with Crippen molar-refractivity contribution < 1.29 is 4.42 Å². The lowest BCUT2D eigenvalue weighted by Gasteiger charge is -2.36. The standard InChI is InChI=1S/C55H42N2O/c1-54(2)45-20-9-7-18-40(45)43-33-48-44(32-47(43)54)42-31-38(26-27-46(42)55(48)28-11-4-12-29-55)35-24-22-34(23-25-35)37-16-13-17-39(30-37)50-52-51(41-19-8-10-21-49(41)58-52)57-53(56-50)36-14-5-3-6-15-36/h3,5-10,13-27,30-33H,4,11-12,28-29H2,1-2H3. The average molecular weight is 747 g/mol. The molecule has 0 unspecified atom stereocenters. The fraction of sp³-hybridized carbons (Fsp3) is 0.164. The van der Waals surface area contributed by atoms with Crippen molar-refractivity contribution >= 4 is 22.1 Å². The Bertz CT molecular complexity index is 3110. The van der Waals surface area contributed by atoms with Crippen LogP contribution in [0.1, 0.15) is 68.2 Å². The third-order valence-electron chi connectivity index (χ3n) is 13.7. The van der Waals surface area contributed by atoms with Gasteiger partial charge in [0.15, 0.2) is 11.4 Å². The van der Waals surface area contributed by atoms with E-state index in [0.29, 0.717) is 11.4 Å². The van der Waals surface area contributed by atoms with Gasteiger partial charge in [0.1, 0.15) is 16.8 Å². The quantitative estimate of drug-likeness (QED) is 0.180. The van der Waals surface area contributed by atoms with Gasteiger partial charge in [0.2, 0.25) is 0 Å². The lowest BCUT2D eigenvalue weighted by atomic mass is 9.67. The lowest BCUT2D eigenvalue weighted by molar-refractivity contribution is 0.353. The smallest absolute Gasteiger partial charge is 0.180 e. The van der Waals surface area contributed by atoms with E-state index >= 15 is 0 Å². The van der Waals surface area contributed by atoms with Gasteiger partial charge in [-0.25, -0.2) is 9.97 Å². The van der Waals surface area contributed by atoms with Crippen molar-refractivity contribution in [3.8, 4) is 67.2 Å². The maximum absolute atomic E-state index is 6.45. The Morgan fingerprint density at radius 3 is 1.91 bits per heavy atom. The van der Waals surface area contributed by atoms with Crippen LogP contribution in [0.5, 0.6) is 0 Å². The molecule has 0 aliphatic heterocycles. The van der Waals surface area contributed by atoms with Crippen LogP contribution in [0.4, 0.5) is 0 Å². The molecule has 2 heterocycles. The molecule has 0 saturated heterocycles. The second kappa shape index (κ2) is 12.5. The molecular weight excluding hydrogens is 705 g/mol. The van der Waals surface area contributed by atoms with Gasteiger partial charge >= 0.3 is 0 Å². The molecule has 3 aliphatic carbocycles. The third-order valence-corrected chi connectivity index (χ3v) is 13.7. The molecule has 0 N–H and O–H groups in total. The minimum atomic E-state index is -0.0239. The number of rotatable bonds is 4. The largest absolute Gasteiger partial charge is 0.452 e. The molecule has 0 amide bonds. The zero-order chi connectivity index (χ0) is 38.6. The molecule has 1 spiro atoms. The Morgan fingerprint density at radius 1 is 0.448 bits per heavy atom. The predicted molar refractivity (Wildman–Crippen MR) is 238 cm³/mol. The molecule has 1 fully saturated rings. The first kappa shape index (κ1) is 33.5. The number of hydrogen-bond donors (Lipinski definition) is 0. The Balaban J connectivity index is 0.928. The van der Waals surface area contributed by atoms with Crippen LogP contribution in [0.25, 0.3) is 89.2 Å². The molecule has 7 aromatic carbocycles. The molecule has 3 aliphatic rings. The summed E-state index contributed by atoms with van der Waals surface area (Å²) in [6.45, 7) is 4.80. The summed E-state index contributed by atoms with van der Waals surface area (Å²) in [4.78, 5) is 10.2. The fourth-order valence-electron chi connectivity index (χ4n) is 10.8. The van der Waals surface area contributed by atoms with Crippen LogP contribution >= 0.6 is 0 Å². The van der Waals surface area contributed by atoms with Crippen molar-refractivity contribution in [1.82, 2.24) is 9.97 Å². The van der Waals surface area contributed by atoms with E-state index in [1.807, 2.05) is 36.4 Å². The number of fused-ring (bicyclic) bond motifs is 11. The van der Waals surface area contributed by atoms with E-state index in [-0.39, 0.29) is 10.8 Å². The van der Waals surface area contributed by atoms with Gasteiger partial charge < -0.3 is 4.42 Å². The highest BCUT2D eigenvalue weighted by atomic mass is 16.3. The van der Waals surface area contributed by atoms with Gasteiger partial charge in [0.25, 0.3) is 0 Å². The summed E-state index contributed by atoms with van der Waals surface area (Å²) in [6, 6.07) is 57.6. The minimum Gasteiger partial charge on any atom is -0.452 e. The molecule has 0 bridgehead atoms. The van der Waals surface area contributed by atoms with Crippen LogP contribution < -0.4 is 0 Å². The first-order chi connectivity index (χ1) is 28.5. The van der Waals surface area contributed by atoms with E-state index in [9.17, 15) is 0 Å². The zero-order valence-electron chi connectivity index (χ0n) is 32.8. The highest BCUT2D eigenvalue weighted by molar-refractivity contribution is 6.07. The van der Waals surface area contributed by atoms with Crippen molar-refractivity contribution in [3.63, 3.8) is 0 Å². The maximum Gasteiger partial charge on any atom is 0.180 e. The number of para-hydroxylation sites is 1. The normalized spacial score (nSPS) is 15.7. The lowest BCUT2D eigenvalue weighted by Crippen LogP contribution is -2.28. The zero-order valence-corrected chi connectivity index (χ0v) is 32.8. The summed E-state index contributed by atoms with van der Waals surface area (Å²) in [5.74, 6) is 0.689. The first-order valence-corrected chi connectivity index (χ1v) is 20.9. The molecule has 278 valence electrons. The van der Waals surface area contributed by atoms with Crippen LogP contribution in [0.15, 0.2) is 162 Å². The van der Waals surface area contributed by atoms with E-state index in [1.54, 1.807) is 5.56 Å². The monoisotopic (exact) mass is 746 g/mol. The SMILES string of the molecule is CC1(C)c2ccccc2-c2cc3c(cc21)-c1cc(-c2ccc(-c4cccc(-c5nc(-c6ccccc6)nc6c5oc5ccccc56)c4)cc2)ccc1C31CCCCC1. The second-order valence-corrected chi connectivity index (χ2v) is 17.2. The van der Waals surface area contributed by atoms with Gasteiger partial charge in [-0.15, -0.1) is 0 Å². The molecule has 1 saturated carbocycles. The minimum absolute atomic E-state index is 0.0239. The summed E-state index contributed by atoms with van der Waals surface area (Å²) in [6.07, 6.45) is 6.37. The van der Waals surface area contributed by atoms with Crippen molar-refractivity contribution in [2.24, 2.45) is 0 Å². The Hall–Kier alpha value is -6.58. The second-order valence-electron chi connectivity index (χ2n) is 17.2. The van der Waals surface area contributed by atoms with E-state index in [0.717, 1.165) is 44.4 Å². The molecule has 12 rings (SSSR count). The van der Waals surface area contributed by atoms with Gasteiger partial charge in [-0.3, -0.25) is 0 Å². The van der Waals surface area contributed by atoms with Crippen molar-refractivity contribution in [2.45, 2.75) is 56.8 Å². The maximum atomic E-state index is 6.45. The molecule has 3 nitrogen and oxygen atoms in total. The third kappa shape index (κ3) is 4.86. The number of benzene rings is 7. The van der Waals surface area contributed by atoms with Crippen LogP contribution in [0.3, 0.4) is 0 Å². The Labute approximate surface area is 339 Å². The molecular formula is C55H42N2O. The summed E-state index contributed by atoms with van der Waals surface area (Å²) in [5, 5.41) is 0.993. The summed E-state index contributed by atoms with van der Waals surface area (Å²) in [7, 11) is 0. The predicted octanol–water partition coefficient (Wildman–Crippen LogP) is 14.6. The molecule has 3 heteroatoms. The summed E-state index contributed by atoms with van der Waals surface area (Å²) >= 11 is 0. The van der Waals surface area contributed by atoms with Crippen molar-refractivity contribution in [2.75, 3.05) is 0 Å². The topological polar surface area (TPSA) is 38.9 Å². The number of aromatic nitrogens is 2. The summed E-state index contributed by atoms with van der Waals surface area (Å²) < 4.78 is 6.45. The van der Waals surface area contributed by atoms with Gasteiger partial charge in [-0.2, -0.15) is 0 Å². The average Bonchev–Trinajstić information content (AvgIpc) is 3.86. The van der Waals surface area contributed by atoms with Gasteiger partial charge in [-0.1, -0.05) is 154 Å². The van der Waals surface area contributed by atoms with E-state index in [4.69, 9.17) is 14.4 Å². The number of furan rings is 1. The van der Waals surface area contributed by atoms with Crippen LogP contribution in [-0.2, 0) is 10.8 Å². The van der Waals surface area contributed by atoms with E-state index < -0.39 is 0 Å². The number of nitrogens with zero attached hydrogens (tertiary/aromatic N) is 2. The molecule has 58 heavy (non-hydrogen) atoms. The van der Waals surface area contributed by atoms with Crippen LogP contribution in [0, 0.1) is 0 Å². The molecule has 0 radical (unpaired) electrons. The van der Waals surface area contributed by atoms with Gasteiger partial charge in [-0.05, 0) is 116 Å². The summed E-state index contributed by atoms with van der Waals surface area (Å²) in [5.41, 5.74) is 21.7. The highest BCUT2D eigenvalue weighted by Gasteiger charge is 2.46. The van der Waals surface area contributed by atoms with Crippen LogP contribution in [0.2, 0.25) is 0 Å². The van der Waals surface area contributed by atoms with E-state index in [1.165, 1.54) is 82.2 Å². The van der Waals surface area contributed by atoms with E-state index in [2.05, 4.69) is 135 Å². The number of hydrogen-bond acceptors (Lipinski definition) is 3. The highest BCUT2D eigenvalue weighted by Crippen LogP contribution is 2.60. The Morgan fingerprint density at radius 2 is 1.09 bits per heavy atom. The van der Waals surface area contributed by atoms with Crippen molar-refractivity contribution in [1.29, 1.82) is 0 Å². The first-order valence-electron chi connectivity index (χ1n) is 20.9. The van der Waals surface area contributed by atoms with Crippen LogP contribution in [-0.4, -0.2) is 9.97 Å². The van der Waals surface area contributed by atoms with Gasteiger partial charge in [0, 0.05) is 27.3 Å². The molecule has 9 aromatic rings.